The minimum atomic E-state index is -0.0145. The van der Waals surface area contributed by atoms with Crippen molar-refractivity contribution in [3.63, 3.8) is 0 Å². The Morgan fingerprint density at radius 1 is 1.36 bits per heavy atom. The molecule has 3 atom stereocenters. The third-order valence-electron chi connectivity index (χ3n) is 4.91. The summed E-state index contributed by atoms with van der Waals surface area (Å²) in [5.41, 5.74) is 2.57. The van der Waals surface area contributed by atoms with Crippen LogP contribution in [0.4, 0.5) is 0 Å². The van der Waals surface area contributed by atoms with Crippen molar-refractivity contribution in [1.82, 2.24) is 10.2 Å². The molecule has 0 aliphatic carbocycles. The molecule has 0 radical (unpaired) electrons. The van der Waals surface area contributed by atoms with E-state index < -0.39 is 0 Å². The fourth-order valence-electron chi connectivity index (χ4n) is 3.61. The SMILES string of the molecule is CCNC(=O)/C=C/CCC(C)C1O[C@@H]1c1ccc(CN(C)CC(C)(C)S)cc1. The number of amides is 1. The number of rotatable bonds is 11. The zero-order valence-corrected chi connectivity index (χ0v) is 18.8. The van der Waals surface area contributed by atoms with Gasteiger partial charge in [0, 0.05) is 24.4 Å². The Bertz CT molecular complexity index is 652. The van der Waals surface area contributed by atoms with Gasteiger partial charge in [-0.2, -0.15) is 12.6 Å². The third-order valence-corrected chi connectivity index (χ3v) is 5.05. The van der Waals surface area contributed by atoms with Gasteiger partial charge < -0.3 is 15.0 Å². The number of nitrogens with one attached hydrogen (secondary N) is 1. The van der Waals surface area contributed by atoms with Gasteiger partial charge in [-0.25, -0.2) is 0 Å². The van der Waals surface area contributed by atoms with Gasteiger partial charge >= 0.3 is 0 Å². The summed E-state index contributed by atoms with van der Waals surface area (Å²) in [5.74, 6) is 0.465. The predicted octanol–water partition coefficient (Wildman–Crippen LogP) is 4.38. The maximum Gasteiger partial charge on any atom is 0.243 e. The second-order valence-corrected chi connectivity index (χ2v) is 9.81. The molecular formula is C23H36N2O2S. The normalized spacial score (nSPS) is 20.5. The number of epoxide rings is 1. The lowest BCUT2D eigenvalue weighted by molar-refractivity contribution is -0.116. The molecule has 156 valence electrons. The van der Waals surface area contributed by atoms with Crippen molar-refractivity contribution in [2.24, 2.45) is 5.92 Å². The van der Waals surface area contributed by atoms with E-state index in [-0.39, 0.29) is 22.9 Å². The van der Waals surface area contributed by atoms with Crippen LogP contribution in [0.5, 0.6) is 0 Å². The Labute approximate surface area is 176 Å². The summed E-state index contributed by atoms with van der Waals surface area (Å²) >= 11 is 4.61. The molecule has 1 amide bonds. The van der Waals surface area contributed by atoms with Gasteiger partial charge in [0.15, 0.2) is 0 Å². The fraction of sp³-hybridized carbons (Fsp3) is 0.609. The van der Waals surface area contributed by atoms with Crippen molar-refractivity contribution >= 4 is 18.5 Å². The van der Waals surface area contributed by atoms with Crippen LogP contribution in [0, 0.1) is 5.92 Å². The first kappa shape index (κ1) is 23.0. The Morgan fingerprint density at radius 3 is 2.64 bits per heavy atom. The van der Waals surface area contributed by atoms with E-state index in [0.717, 1.165) is 25.9 Å². The van der Waals surface area contributed by atoms with Gasteiger partial charge in [-0.1, -0.05) is 37.3 Å². The van der Waals surface area contributed by atoms with Gasteiger partial charge in [0.05, 0.1) is 6.10 Å². The largest absolute Gasteiger partial charge is 0.364 e. The Kier molecular flexibility index (Phi) is 8.59. The summed E-state index contributed by atoms with van der Waals surface area (Å²) in [6.45, 7) is 11.0. The van der Waals surface area contributed by atoms with Gasteiger partial charge in [0.1, 0.15) is 6.10 Å². The van der Waals surface area contributed by atoms with E-state index in [2.05, 4.69) is 74.9 Å². The number of likely N-dealkylation sites (N-methyl/N-ethyl adjacent to an activating group) is 1. The van der Waals surface area contributed by atoms with Gasteiger partial charge in [-0.15, -0.1) is 0 Å². The van der Waals surface area contributed by atoms with Gasteiger partial charge in [-0.3, -0.25) is 4.79 Å². The van der Waals surface area contributed by atoms with E-state index in [1.54, 1.807) is 6.08 Å². The number of hydrogen-bond donors (Lipinski definition) is 2. The fourth-order valence-corrected chi connectivity index (χ4v) is 3.85. The summed E-state index contributed by atoms with van der Waals surface area (Å²) in [6.07, 6.45) is 6.02. The highest BCUT2D eigenvalue weighted by molar-refractivity contribution is 7.81. The average Bonchev–Trinajstić information content (AvgIpc) is 3.38. The highest BCUT2D eigenvalue weighted by atomic mass is 32.1. The number of carbonyl (C=O) groups excluding carboxylic acids is 1. The zero-order valence-electron chi connectivity index (χ0n) is 17.9. The maximum absolute atomic E-state index is 11.4. The molecule has 1 aromatic carbocycles. The maximum atomic E-state index is 11.4. The van der Waals surface area contributed by atoms with E-state index in [1.165, 1.54) is 11.1 Å². The topological polar surface area (TPSA) is 44.9 Å². The molecule has 1 aromatic rings. The number of carbonyl (C=O) groups is 1. The number of nitrogens with zero attached hydrogens (tertiary/aromatic N) is 1. The first-order chi connectivity index (χ1) is 13.2. The quantitative estimate of drug-likeness (QED) is 0.327. The molecule has 1 heterocycles. The minimum Gasteiger partial charge on any atom is -0.364 e. The molecule has 0 spiro atoms. The van der Waals surface area contributed by atoms with Crippen molar-refractivity contribution in [1.29, 1.82) is 0 Å². The summed E-state index contributed by atoms with van der Waals surface area (Å²) < 4.78 is 5.95. The molecule has 1 N–H and O–H groups in total. The van der Waals surface area contributed by atoms with Crippen molar-refractivity contribution in [2.45, 2.75) is 64.0 Å². The van der Waals surface area contributed by atoms with E-state index >= 15 is 0 Å². The third kappa shape index (κ3) is 7.98. The molecule has 1 saturated heterocycles. The Hall–Kier alpha value is -1.30. The molecule has 0 saturated carbocycles. The molecule has 28 heavy (non-hydrogen) atoms. The molecular weight excluding hydrogens is 368 g/mol. The smallest absolute Gasteiger partial charge is 0.243 e. The summed E-state index contributed by atoms with van der Waals surface area (Å²) in [6, 6.07) is 8.80. The van der Waals surface area contributed by atoms with E-state index in [4.69, 9.17) is 4.74 Å². The van der Waals surface area contributed by atoms with Gasteiger partial charge in [0.25, 0.3) is 0 Å². The summed E-state index contributed by atoms with van der Waals surface area (Å²) in [5, 5.41) is 2.77. The number of hydrogen-bond acceptors (Lipinski definition) is 4. The van der Waals surface area contributed by atoms with Crippen LogP contribution in [0.15, 0.2) is 36.4 Å². The standard InChI is InChI=1S/C23H36N2O2S/c1-6-24-20(26)10-8-7-9-17(2)21-22(27-21)19-13-11-18(12-14-19)15-25(5)16-23(3,4)28/h8,10-14,17,21-22,28H,6-7,9,15-16H2,1-5H3,(H,24,26)/b10-8+/t17?,21?,22-/m1/s1. The molecule has 0 bridgehead atoms. The van der Waals surface area contributed by atoms with Gasteiger partial charge in [-0.05, 0) is 63.8 Å². The second-order valence-electron chi connectivity index (χ2n) is 8.60. The highest BCUT2D eigenvalue weighted by Crippen LogP contribution is 2.44. The molecule has 1 aliphatic rings. The van der Waals surface area contributed by atoms with Crippen molar-refractivity contribution < 1.29 is 9.53 Å². The highest BCUT2D eigenvalue weighted by Gasteiger charge is 2.43. The minimum absolute atomic E-state index is 0.00882. The van der Waals surface area contributed by atoms with Crippen LogP contribution >= 0.6 is 12.6 Å². The lowest BCUT2D eigenvalue weighted by Gasteiger charge is -2.25. The van der Waals surface area contributed by atoms with Gasteiger partial charge in [0.2, 0.25) is 5.91 Å². The van der Waals surface area contributed by atoms with Crippen LogP contribution in [0.2, 0.25) is 0 Å². The van der Waals surface area contributed by atoms with Crippen LogP contribution in [0.3, 0.4) is 0 Å². The monoisotopic (exact) mass is 404 g/mol. The van der Waals surface area contributed by atoms with Crippen LogP contribution in [-0.2, 0) is 16.1 Å². The van der Waals surface area contributed by atoms with Crippen molar-refractivity contribution in [3.8, 4) is 0 Å². The summed E-state index contributed by atoms with van der Waals surface area (Å²) in [7, 11) is 2.13. The van der Waals surface area contributed by atoms with E-state index in [9.17, 15) is 4.79 Å². The predicted molar refractivity (Wildman–Crippen MR) is 120 cm³/mol. The lowest BCUT2D eigenvalue weighted by atomic mass is 9.96. The van der Waals surface area contributed by atoms with Crippen LogP contribution in [-0.4, -0.2) is 41.8 Å². The number of thiol groups is 1. The van der Waals surface area contributed by atoms with Crippen LogP contribution < -0.4 is 5.32 Å². The van der Waals surface area contributed by atoms with Crippen molar-refractivity contribution in [2.75, 3.05) is 20.1 Å². The molecule has 2 unspecified atom stereocenters. The second kappa shape index (κ2) is 10.5. The number of allylic oxidation sites excluding steroid dienone is 1. The van der Waals surface area contributed by atoms with Crippen LogP contribution in [0.1, 0.15) is 57.8 Å². The summed E-state index contributed by atoms with van der Waals surface area (Å²) in [4.78, 5) is 13.7. The molecule has 2 rings (SSSR count). The van der Waals surface area contributed by atoms with E-state index in [0.29, 0.717) is 12.5 Å². The lowest BCUT2D eigenvalue weighted by Crippen LogP contribution is -2.31. The first-order valence-corrected chi connectivity index (χ1v) is 10.7. The Morgan fingerprint density at radius 2 is 2.04 bits per heavy atom. The first-order valence-electron chi connectivity index (χ1n) is 10.3. The Balaban J connectivity index is 1.76. The number of benzene rings is 1. The molecule has 1 fully saturated rings. The van der Waals surface area contributed by atoms with Crippen molar-refractivity contribution in [3.05, 3.63) is 47.5 Å². The molecule has 1 aliphatic heterocycles. The molecule has 4 nitrogen and oxygen atoms in total. The molecule has 5 heteroatoms. The average molecular weight is 405 g/mol. The zero-order chi connectivity index (χ0) is 20.7. The van der Waals surface area contributed by atoms with E-state index in [1.807, 2.05) is 13.0 Å². The van der Waals surface area contributed by atoms with Crippen LogP contribution in [0.25, 0.3) is 0 Å². The molecule has 0 aromatic heterocycles. The number of ether oxygens (including phenoxy) is 1.